The van der Waals surface area contributed by atoms with E-state index < -0.39 is 0 Å². The summed E-state index contributed by atoms with van der Waals surface area (Å²) >= 11 is 0. The van der Waals surface area contributed by atoms with Crippen LogP contribution in [0.15, 0.2) is 24.3 Å². The van der Waals surface area contributed by atoms with E-state index in [1.165, 1.54) is 18.4 Å². The molecule has 0 spiro atoms. The second-order valence-corrected chi connectivity index (χ2v) is 7.19. The molecule has 2 heterocycles. The Hall–Kier alpha value is -1.39. The number of fused-ring (bicyclic) bond motifs is 1. The number of hydrogen-bond donors (Lipinski definition) is 1. The molecule has 1 amide bonds. The van der Waals surface area contributed by atoms with Crippen LogP contribution in [0, 0.1) is 5.92 Å². The number of carbonyl (C=O) groups excluding carboxylic acids is 1. The van der Waals surface area contributed by atoms with Gasteiger partial charge in [0.1, 0.15) is 0 Å². The van der Waals surface area contributed by atoms with E-state index in [0.29, 0.717) is 12.0 Å². The molecule has 1 aromatic carbocycles. The molecule has 132 valence electrons. The molecule has 0 bridgehead atoms. The molecule has 2 fully saturated rings. The van der Waals surface area contributed by atoms with E-state index in [4.69, 9.17) is 0 Å². The van der Waals surface area contributed by atoms with Gasteiger partial charge in [0.25, 0.3) is 5.91 Å². The molecule has 0 radical (unpaired) electrons. The minimum atomic E-state index is 0.209. The maximum Gasteiger partial charge on any atom is 0.254 e. The van der Waals surface area contributed by atoms with E-state index in [2.05, 4.69) is 41.1 Å². The van der Waals surface area contributed by atoms with E-state index in [-0.39, 0.29) is 5.91 Å². The average Bonchev–Trinajstić information content (AvgIpc) is 3.10. The van der Waals surface area contributed by atoms with Gasteiger partial charge in [-0.05, 0) is 56.0 Å². The molecule has 2 aliphatic heterocycles. The number of benzene rings is 1. The van der Waals surface area contributed by atoms with E-state index in [0.717, 1.165) is 51.3 Å². The van der Waals surface area contributed by atoms with Crippen LogP contribution in [0.2, 0.25) is 0 Å². The molecule has 4 heteroatoms. The molecule has 0 aromatic heterocycles. The van der Waals surface area contributed by atoms with Crippen LogP contribution in [-0.4, -0.2) is 54.5 Å². The standard InChI is InChI=1S/C20H31N3O/c1-3-11-22(4-2)15-16-7-9-17(10-8-16)20(24)23-12-5-6-18-13-21-14-19(18)23/h7-10,18-19,21H,3-6,11-15H2,1-2H3/t18-,19+/m0/s1. The van der Waals surface area contributed by atoms with Crippen LogP contribution in [-0.2, 0) is 6.54 Å². The van der Waals surface area contributed by atoms with Crippen LogP contribution >= 0.6 is 0 Å². The molecule has 0 aliphatic carbocycles. The minimum absolute atomic E-state index is 0.209. The Kier molecular flexibility index (Phi) is 5.90. The largest absolute Gasteiger partial charge is 0.334 e. The van der Waals surface area contributed by atoms with Crippen molar-refractivity contribution in [1.29, 1.82) is 0 Å². The fraction of sp³-hybridized carbons (Fsp3) is 0.650. The highest BCUT2D eigenvalue weighted by molar-refractivity contribution is 5.94. The number of amides is 1. The Bertz CT molecular complexity index is 542. The highest BCUT2D eigenvalue weighted by atomic mass is 16.2. The van der Waals surface area contributed by atoms with Gasteiger partial charge in [-0.1, -0.05) is 26.0 Å². The number of nitrogens with zero attached hydrogens (tertiary/aromatic N) is 2. The molecule has 4 nitrogen and oxygen atoms in total. The van der Waals surface area contributed by atoms with Crippen molar-refractivity contribution in [3.8, 4) is 0 Å². The Balaban J connectivity index is 1.65. The second kappa shape index (κ2) is 8.13. The molecule has 2 saturated heterocycles. The van der Waals surface area contributed by atoms with Gasteiger partial charge in [0.05, 0.1) is 0 Å². The molecule has 0 unspecified atom stereocenters. The Morgan fingerprint density at radius 3 is 2.75 bits per heavy atom. The molecule has 1 N–H and O–H groups in total. The molecule has 1 aromatic rings. The maximum absolute atomic E-state index is 12.9. The van der Waals surface area contributed by atoms with E-state index in [1.54, 1.807) is 0 Å². The lowest BCUT2D eigenvalue weighted by atomic mass is 9.91. The van der Waals surface area contributed by atoms with E-state index in [9.17, 15) is 4.79 Å². The fourth-order valence-corrected chi connectivity index (χ4v) is 4.16. The summed E-state index contributed by atoms with van der Waals surface area (Å²) in [5, 5.41) is 3.45. The highest BCUT2D eigenvalue weighted by Gasteiger charge is 2.37. The topological polar surface area (TPSA) is 35.6 Å². The lowest BCUT2D eigenvalue weighted by molar-refractivity contribution is 0.0575. The lowest BCUT2D eigenvalue weighted by Gasteiger charge is -2.37. The molecule has 2 aliphatic rings. The van der Waals surface area contributed by atoms with Crippen molar-refractivity contribution < 1.29 is 4.79 Å². The van der Waals surface area contributed by atoms with Gasteiger partial charge in [0.2, 0.25) is 0 Å². The van der Waals surface area contributed by atoms with Gasteiger partial charge in [0, 0.05) is 37.8 Å². The third-order valence-corrected chi connectivity index (χ3v) is 5.53. The van der Waals surface area contributed by atoms with E-state index >= 15 is 0 Å². The Morgan fingerprint density at radius 1 is 1.25 bits per heavy atom. The SMILES string of the molecule is CCCN(CC)Cc1ccc(C(=O)N2CCC[C@H]3CNC[C@H]32)cc1. The smallest absolute Gasteiger partial charge is 0.254 e. The zero-order valence-corrected chi connectivity index (χ0v) is 15.1. The number of nitrogens with one attached hydrogen (secondary N) is 1. The van der Waals surface area contributed by atoms with Crippen molar-refractivity contribution in [1.82, 2.24) is 15.1 Å². The van der Waals surface area contributed by atoms with Crippen LogP contribution in [0.4, 0.5) is 0 Å². The van der Waals surface area contributed by atoms with Crippen LogP contribution in [0.3, 0.4) is 0 Å². The number of likely N-dealkylation sites (tertiary alicyclic amines) is 1. The van der Waals surface area contributed by atoms with Crippen LogP contribution in [0.5, 0.6) is 0 Å². The van der Waals surface area contributed by atoms with Crippen LogP contribution < -0.4 is 5.32 Å². The van der Waals surface area contributed by atoms with Crippen LogP contribution in [0.25, 0.3) is 0 Å². The average molecular weight is 329 g/mol. The minimum Gasteiger partial charge on any atom is -0.334 e. The van der Waals surface area contributed by atoms with E-state index in [1.807, 2.05) is 12.1 Å². The number of rotatable bonds is 6. The predicted molar refractivity (Wildman–Crippen MR) is 98.1 cm³/mol. The molecular weight excluding hydrogens is 298 g/mol. The summed E-state index contributed by atoms with van der Waals surface area (Å²) < 4.78 is 0. The first kappa shape index (κ1) is 17.4. The predicted octanol–water partition coefficient (Wildman–Crippen LogP) is 2.74. The molecule has 3 rings (SSSR count). The quantitative estimate of drug-likeness (QED) is 0.872. The van der Waals surface area contributed by atoms with Gasteiger partial charge in [-0.25, -0.2) is 0 Å². The fourth-order valence-electron chi connectivity index (χ4n) is 4.16. The van der Waals surface area contributed by atoms with Gasteiger partial charge in [-0.2, -0.15) is 0 Å². The van der Waals surface area contributed by atoms with Gasteiger partial charge in [-0.3, -0.25) is 9.69 Å². The highest BCUT2D eigenvalue weighted by Crippen LogP contribution is 2.27. The molecule has 0 saturated carbocycles. The first-order valence-corrected chi connectivity index (χ1v) is 9.56. The van der Waals surface area contributed by atoms with Gasteiger partial charge in [-0.15, -0.1) is 0 Å². The number of piperidine rings is 1. The molecular formula is C20H31N3O. The second-order valence-electron chi connectivity index (χ2n) is 7.19. The Labute approximate surface area is 146 Å². The molecule has 24 heavy (non-hydrogen) atoms. The number of carbonyl (C=O) groups is 1. The van der Waals surface area contributed by atoms with Gasteiger partial charge < -0.3 is 10.2 Å². The lowest BCUT2D eigenvalue weighted by Crippen LogP contribution is -2.48. The normalized spacial score (nSPS) is 23.5. The summed E-state index contributed by atoms with van der Waals surface area (Å²) in [6.45, 7) is 10.5. The first-order valence-electron chi connectivity index (χ1n) is 9.56. The van der Waals surface area contributed by atoms with Crippen molar-refractivity contribution >= 4 is 5.91 Å². The van der Waals surface area contributed by atoms with Crippen molar-refractivity contribution in [2.24, 2.45) is 5.92 Å². The summed E-state index contributed by atoms with van der Waals surface area (Å²) in [4.78, 5) is 17.5. The zero-order valence-electron chi connectivity index (χ0n) is 15.1. The maximum atomic E-state index is 12.9. The third-order valence-electron chi connectivity index (χ3n) is 5.53. The van der Waals surface area contributed by atoms with Gasteiger partial charge >= 0.3 is 0 Å². The van der Waals surface area contributed by atoms with Crippen molar-refractivity contribution in [3.05, 3.63) is 35.4 Å². The first-order chi connectivity index (χ1) is 11.7. The summed E-state index contributed by atoms with van der Waals surface area (Å²) in [6.07, 6.45) is 3.57. The van der Waals surface area contributed by atoms with Crippen molar-refractivity contribution in [2.75, 3.05) is 32.7 Å². The summed E-state index contributed by atoms with van der Waals surface area (Å²) in [7, 11) is 0. The Morgan fingerprint density at radius 2 is 2.04 bits per heavy atom. The van der Waals surface area contributed by atoms with Crippen LogP contribution in [0.1, 0.15) is 49.0 Å². The monoisotopic (exact) mass is 329 g/mol. The zero-order chi connectivity index (χ0) is 16.9. The summed E-state index contributed by atoms with van der Waals surface area (Å²) in [5.41, 5.74) is 2.13. The summed E-state index contributed by atoms with van der Waals surface area (Å²) in [6, 6.07) is 8.68. The van der Waals surface area contributed by atoms with Crippen molar-refractivity contribution in [3.63, 3.8) is 0 Å². The number of hydrogen-bond acceptors (Lipinski definition) is 3. The van der Waals surface area contributed by atoms with Gasteiger partial charge in [0.15, 0.2) is 0 Å². The summed E-state index contributed by atoms with van der Waals surface area (Å²) in [5.74, 6) is 0.856. The third kappa shape index (κ3) is 3.81. The van der Waals surface area contributed by atoms with Crippen molar-refractivity contribution in [2.45, 2.75) is 45.7 Å². The molecule has 2 atom stereocenters.